The Morgan fingerprint density at radius 3 is 2.56 bits per heavy atom. The van der Waals surface area contributed by atoms with Crippen LogP contribution in [0.2, 0.25) is 0 Å². The maximum absolute atomic E-state index is 12.1. The van der Waals surface area contributed by atoms with Crippen LogP contribution in [0.5, 0.6) is 0 Å². The van der Waals surface area contributed by atoms with Crippen LogP contribution in [0.25, 0.3) is 0 Å². The molecule has 1 atom stereocenters. The van der Waals surface area contributed by atoms with Crippen LogP contribution in [-0.4, -0.2) is 28.9 Å². The topological polar surface area (TPSA) is 66.8 Å². The van der Waals surface area contributed by atoms with Gasteiger partial charge in [-0.05, 0) is 0 Å². The van der Waals surface area contributed by atoms with Gasteiger partial charge < -0.3 is 14.9 Å². The SMILES string of the molecule is COC1(O)C=C(O)C(C(=O)c2ccccc2)=CC1. The van der Waals surface area contributed by atoms with Crippen LogP contribution in [0, 0.1) is 0 Å². The van der Waals surface area contributed by atoms with Crippen molar-refractivity contribution in [2.45, 2.75) is 12.2 Å². The Labute approximate surface area is 105 Å². The van der Waals surface area contributed by atoms with Gasteiger partial charge in [0.2, 0.25) is 0 Å². The molecule has 4 heteroatoms. The number of hydrogen-bond acceptors (Lipinski definition) is 4. The first-order valence-electron chi connectivity index (χ1n) is 5.55. The number of carbonyl (C=O) groups excluding carboxylic acids is 1. The molecular weight excluding hydrogens is 232 g/mol. The van der Waals surface area contributed by atoms with E-state index < -0.39 is 5.79 Å². The van der Waals surface area contributed by atoms with Crippen molar-refractivity contribution in [1.82, 2.24) is 0 Å². The molecule has 0 heterocycles. The van der Waals surface area contributed by atoms with Gasteiger partial charge in [-0.3, -0.25) is 4.79 Å². The molecule has 18 heavy (non-hydrogen) atoms. The maximum atomic E-state index is 12.1. The molecule has 2 rings (SSSR count). The van der Waals surface area contributed by atoms with Crippen LogP contribution in [-0.2, 0) is 4.74 Å². The number of methoxy groups -OCH3 is 1. The summed E-state index contributed by atoms with van der Waals surface area (Å²) in [4.78, 5) is 12.1. The molecule has 94 valence electrons. The summed E-state index contributed by atoms with van der Waals surface area (Å²) in [6.45, 7) is 0. The number of rotatable bonds is 3. The molecule has 4 nitrogen and oxygen atoms in total. The van der Waals surface area contributed by atoms with E-state index in [9.17, 15) is 15.0 Å². The molecular formula is C14H14O4. The summed E-state index contributed by atoms with van der Waals surface area (Å²) >= 11 is 0. The van der Waals surface area contributed by atoms with Gasteiger partial charge in [0.05, 0.1) is 5.57 Å². The zero-order valence-electron chi connectivity index (χ0n) is 9.96. The Morgan fingerprint density at radius 1 is 1.33 bits per heavy atom. The van der Waals surface area contributed by atoms with Crippen molar-refractivity contribution in [2.75, 3.05) is 7.11 Å². The second-order valence-corrected chi connectivity index (χ2v) is 4.10. The fourth-order valence-electron chi connectivity index (χ4n) is 1.80. The van der Waals surface area contributed by atoms with Crippen molar-refractivity contribution >= 4 is 5.78 Å². The van der Waals surface area contributed by atoms with Crippen molar-refractivity contribution in [2.24, 2.45) is 0 Å². The van der Waals surface area contributed by atoms with E-state index in [2.05, 4.69) is 0 Å². The molecule has 0 saturated carbocycles. The first-order valence-corrected chi connectivity index (χ1v) is 5.55. The van der Waals surface area contributed by atoms with Gasteiger partial charge in [0.15, 0.2) is 11.6 Å². The third-order valence-corrected chi connectivity index (χ3v) is 2.87. The highest BCUT2D eigenvalue weighted by atomic mass is 16.6. The van der Waals surface area contributed by atoms with Crippen molar-refractivity contribution < 1.29 is 19.7 Å². The Kier molecular flexibility index (Phi) is 3.32. The lowest BCUT2D eigenvalue weighted by atomic mass is 9.94. The summed E-state index contributed by atoms with van der Waals surface area (Å²) < 4.78 is 4.85. The second-order valence-electron chi connectivity index (χ2n) is 4.10. The van der Waals surface area contributed by atoms with E-state index in [0.717, 1.165) is 6.08 Å². The van der Waals surface area contributed by atoms with E-state index in [0.29, 0.717) is 5.56 Å². The molecule has 0 bridgehead atoms. The Hall–Kier alpha value is -1.91. The van der Waals surface area contributed by atoms with E-state index in [1.165, 1.54) is 13.2 Å². The van der Waals surface area contributed by atoms with Gasteiger partial charge in [-0.15, -0.1) is 0 Å². The largest absolute Gasteiger partial charge is 0.507 e. The van der Waals surface area contributed by atoms with Gasteiger partial charge in [0, 0.05) is 25.2 Å². The smallest absolute Gasteiger partial charge is 0.196 e. The Balaban J connectivity index is 2.27. The van der Waals surface area contributed by atoms with Crippen LogP contribution in [0.3, 0.4) is 0 Å². The fraction of sp³-hybridized carbons (Fsp3) is 0.214. The molecule has 2 N–H and O–H groups in total. The third kappa shape index (κ3) is 2.34. The van der Waals surface area contributed by atoms with E-state index in [1.54, 1.807) is 24.3 Å². The number of ether oxygens (including phenoxy) is 1. The lowest BCUT2D eigenvalue weighted by Crippen LogP contribution is -2.31. The molecule has 0 saturated heterocycles. The molecule has 1 aromatic carbocycles. The van der Waals surface area contributed by atoms with Gasteiger partial charge in [-0.25, -0.2) is 0 Å². The number of aliphatic hydroxyl groups excluding tert-OH is 1. The fourth-order valence-corrected chi connectivity index (χ4v) is 1.80. The monoisotopic (exact) mass is 246 g/mol. The highest BCUT2D eigenvalue weighted by Gasteiger charge is 2.30. The molecule has 0 radical (unpaired) electrons. The van der Waals surface area contributed by atoms with E-state index >= 15 is 0 Å². The number of benzene rings is 1. The second kappa shape index (κ2) is 4.76. The van der Waals surface area contributed by atoms with Crippen LogP contribution in [0.1, 0.15) is 16.8 Å². The zero-order valence-corrected chi connectivity index (χ0v) is 9.96. The maximum Gasteiger partial charge on any atom is 0.196 e. The lowest BCUT2D eigenvalue weighted by Gasteiger charge is -2.25. The number of allylic oxidation sites excluding steroid dienone is 1. The number of hydrogen-bond donors (Lipinski definition) is 2. The lowest BCUT2D eigenvalue weighted by molar-refractivity contribution is -0.145. The van der Waals surface area contributed by atoms with Crippen LogP contribution in [0.4, 0.5) is 0 Å². The van der Waals surface area contributed by atoms with Gasteiger partial charge in [-0.1, -0.05) is 36.4 Å². The average molecular weight is 246 g/mol. The summed E-state index contributed by atoms with van der Waals surface area (Å²) in [7, 11) is 1.33. The molecule has 1 aromatic rings. The van der Waals surface area contributed by atoms with Crippen molar-refractivity contribution in [3.8, 4) is 0 Å². The minimum Gasteiger partial charge on any atom is -0.507 e. The van der Waals surface area contributed by atoms with Gasteiger partial charge in [-0.2, -0.15) is 0 Å². The van der Waals surface area contributed by atoms with Gasteiger partial charge >= 0.3 is 0 Å². The van der Waals surface area contributed by atoms with Crippen molar-refractivity contribution in [1.29, 1.82) is 0 Å². The summed E-state index contributed by atoms with van der Waals surface area (Å²) in [5.74, 6) is -2.08. The van der Waals surface area contributed by atoms with E-state index in [-0.39, 0.29) is 23.5 Å². The van der Waals surface area contributed by atoms with E-state index in [4.69, 9.17) is 4.74 Å². The Bertz CT molecular complexity index is 516. The first kappa shape index (κ1) is 12.5. The molecule has 0 aliphatic heterocycles. The molecule has 0 spiro atoms. The van der Waals surface area contributed by atoms with Gasteiger partial charge in [0.1, 0.15) is 5.76 Å². The van der Waals surface area contributed by atoms with Crippen LogP contribution in [0.15, 0.2) is 53.8 Å². The number of ketones is 1. The third-order valence-electron chi connectivity index (χ3n) is 2.87. The highest BCUT2D eigenvalue weighted by molar-refractivity contribution is 6.11. The number of Topliss-reactive ketones (excluding diaryl/α,β-unsaturated/α-hetero) is 1. The van der Waals surface area contributed by atoms with Crippen LogP contribution < -0.4 is 0 Å². The summed E-state index contributed by atoms with van der Waals surface area (Å²) in [5.41, 5.74) is 0.675. The standard InChI is InChI=1S/C14H14O4/c1-18-14(17)8-7-11(12(15)9-14)13(16)10-5-3-2-4-6-10/h2-7,9,15,17H,8H2,1H3. The first-order chi connectivity index (χ1) is 8.56. The molecule has 0 fully saturated rings. The Morgan fingerprint density at radius 2 is 2.00 bits per heavy atom. The minimum absolute atomic E-state index is 0.126. The number of carbonyl (C=O) groups is 1. The van der Waals surface area contributed by atoms with Crippen LogP contribution >= 0.6 is 0 Å². The predicted molar refractivity (Wildman–Crippen MR) is 66.1 cm³/mol. The average Bonchev–Trinajstić information content (AvgIpc) is 2.39. The zero-order chi connectivity index (χ0) is 13.2. The predicted octanol–water partition coefficient (Wildman–Crippen LogP) is 1.98. The van der Waals surface area contributed by atoms with E-state index in [1.807, 2.05) is 6.07 Å². The van der Waals surface area contributed by atoms with Gasteiger partial charge in [0.25, 0.3) is 0 Å². The number of aliphatic hydroxyl groups is 2. The molecule has 1 aliphatic carbocycles. The quantitative estimate of drug-likeness (QED) is 0.632. The molecule has 1 unspecified atom stereocenters. The summed E-state index contributed by atoms with van der Waals surface area (Å²) in [6, 6.07) is 8.66. The molecule has 1 aliphatic rings. The summed E-state index contributed by atoms with van der Waals surface area (Å²) in [5, 5.41) is 19.6. The van der Waals surface area contributed by atoms with Crippen molar-refractivity contribution in [3.63, 3.8) is 0 Å². The normalized spacial score (nSPS) is 23.2. The molecule has 0 amide bonds. The highest BCUT2D eigenvalue weighted by Crippen LogP contribution is 2.27. The summed E-state index contributed by atoms with van der Waals surface area (Å²) in [6.07, 6.45) is 2.75. The minimum atomic E-state index is -1.54. The molecule has 0 aromatic heterocycles. The van der Waals surface area contributed by atoms with Crippen molar-refractivity contribution in [3.05, 3.63) is 59.4 Å².